The van der Waals surface area contributed by atoms with Gasteiger partial charge in [0.15, 0.2) is 0 Å². The predicted molar refractivity (Wildman–Crippen MR) is 81.0 cm³/mol. The van der Waals surface area contributed by atoms with E-state index in [1.54, 1.807) is 11.8 Å². The number of nitriles is 1. The number of rotatable bonds is 2. The van der Waals surface area contributed by atoms with Gasteiger partial charge in [0.25, 0.3) is 5.23 Å². The lowest BCUT2D eigenvalue weighted by Crippen LogP contribution is -1.94. The molecule has 0 amide bonds. The van der Waals surface area contributed by atoms with Crippen molar-refractivity contribution in [3.63, 3.8) is 0 Å². The van der Waals surface area contributed by atoms with Crippen LogP contribution in [0.3, 0.4) is 0 Å². The van der Waals surface area contributed by atoms with E-state index in [-0.39, 0.29) is 5.25 Å². The minimum Gasteiger partial charge on any atom is -0.471 e. The predicted octanol–water partition coefficient (Wildman–Crippen LogP) is 4.05. The van der Waals surface area contributed by atoms with E-state index < -0.39 is 0 Å². The van der Waals surface area contributed by atoms with Crippen LogP contribution in [0.15, 0.2) is 59.6 Å². The standard InChI is InChI=1S/C16H12N2OS/c17-10-12-6-8-13(9-7-12)15-11-19-16(20-15)18-14-4-2-1-3-5-14/h1-9,15H,11H2. The largest absolute Gasteiger partial charge is 0.471 e. The van der Waals surface area contributed by atoms with Crippen molar-refractivity contribution >= 4 is 22.7 Å². The Kier molecular flexibility index (Phi) is 3.71. The maximum Gasteiger partial charge on any atom is 0.251 e. The van der Waals surface area contributed by atoms with Crippen LogP contribution < -0.4 is 0 Å². The first-order valence-electron chi connectivity index (χ1n) is 6.28. The molecule has 3 nitrogen and oxygen atoms in total. The van der Waals surface area contributed by atoms with E-state index >= 15 is 0 Å². The van der Waals surface area contributed by atoms with Crippen molar-refractivity contribution in [2.45, 2.75) is 5.25 Å². The van der Waals surface area contributed by atoms with Gasteiger partial charge >= 0.3 is 0 Å². The molecule has 1 atom stereocenters. The van der Waals surface area contributed by atoms with E-state index in [9.17, 15) is 0 Å². The molecule has 98 valence electrons. The molecule has 1 heterocycles. The van der Waals surface area contributed by atoms with Crippen LogP contribution in [0.1, 0.15) is 16.4 Å². The van der Waals surface area contributed by atoms with Gasteiger partial charge in [-0.15, -0.1) is 0 Å². The highest BCUT2D eigenvalue weighted by Crippen LogP contribution is 2.37. The zero-order valence-electron chi connectivity index (χ0n) is 10.7. The highest BCUT2D eigenvalue weighted by molar-refractivity contribution is 8.14. The quantitative estimate of drug-likeness (QED) is 0.833. The Balaban J connectivity index is 1.73. The van der Waals surface area contributed by atoms with Crippen LogP contribution in [0.4, 0.5) is 5.69 Å². The Bertz CT molecular complexity index is 659. The number of ether oxygens (including phenoxy) is 1. The van der Waals surface area contributed by atoms with E-state index in [4.69, 9.17) is 10.00 Å². The van der Waals surface area contributed by atoms with E-state index in [1.165, 1.54) is 0 Å². The fourth-order valence-electron chi connectivity index (χ4n) is 1.94. The second-order valence-electron chi connectivity index (χ2n) is 4.36. The molecule has 0 aromatic heterocycles. The first-order chi connectivity index (χ1) is 9.85. The second-order valence-corrected chi connectivity index (χ2v) is 5.52. The van der Waals surface area contributed by atoms with Gasteiger partial charge in [-0.3, -0.25) is 0 Å². The Labute approximate surface area is 121 Å². The molecular weight excluding hydrogens is 268 g/mol. The molecule has 1 aliphatic rings. The van der Waals surface area contributed by atoms with Crippen molar-refractivity contribution < 1.29 is 4.74 Å². The zero-order chi connectivity index (χ0) is 13.8. The van der Waals surface area contributed by atoms with Gasteiger partial charge in [-0.05, 0) is 29.8 Å². The average molecular weight is 280 g/mol. The second kappa shape index (κ2) is 5.81. The zero-order valence-corrected chi connectivity index (χ0v) is 11.5. The third-order valence-electron chi connectivity index (χ3n) is 2.99. The fourth-order valence-corrected chi connectivity index (χ4v) is 2.91. The van der Waals surface area contributed by atoms with Gasteiger partial charge in [0.2, 0.25) is 0 Å². The lowest BCUT2D eigenvalue weighted by atomic mass is 10.1. The van der Waals surface area contributed by atoms with Gasteiger partial charge in [0, 0.05) is 0 Å². The minimum atomic E-state index is 0.241. The number of para-hydroxylation sites is 1. The van der Waals surface area contributed by atoms with Crippen molar-refractivity contribution in [1.82, 2.24) is 0 Å². The summed E-state index contributed by atoms with van der Waals surface area (Å²) in [6, 6.07) is 19.5. The number of aliphatic imine (C=N–C) groups is 1. The van der Waals surface area contributed by atoms with E-state index in [1.807, 2.05) is 54.6 Å². The summed E-state index contributed by atoms with van der Waals surface area (Å²) in [5, 5.41) is 9.74. The SMILES string of the molecule is N#Cc1ccc(C2COC(=Nc3ccccc3)S2)cc1. The topological polar surface area (TPSA) is 45.4 Å². The Morgan fingerprint density at radius 3 is 2.55 bits per heavy atom. The van der Waals surface area contributed by atoms with Crippen LogP contribution in [-0.2, 0) is 4.74 Å². The first kappa shape index (κ1) is 12.8. The number of hydrogen-bond acceptors (Lipinski definition) is 4. The van der Waals surface area contributed by atoms with Crippen LogP contribution in [-0.4, -0.2) is 11.8 Å². The Hall–Kier alpha value is -2.25. The third kappa shape index (κ3) is 2.84. The van der Waals surface area contributed by atoms with Crippen molar-refractivity contribution in [3.8, 4) is 6.07 Å². The van der Waals surface area contributed by atoms with Crippen LogP contribution >= 0.6 is 11.8 Å². The highest BCUT2D eigenvalue weighted by atomic mass is 32.2. The van der Waals surface area contributed by atoms with Crippen LogP contribution in [0.2, 0.25) is 0 Å². The molecule has 2 aromatic rings. The first-order valence-corrected chi connectivity index (χ1v) is 7.16. The van der Waals surface area contributed by atoms with Gasteiger partial charge in [-0.25, -0.2) is 4.99 Å². The lowest BCUT2D eigenvalue weighted by molar-refractivity contribution is 0.329. The van der Waals surface area contributed by atoms with E-state index in [0.717, 1.165) is 11.3 Å². The molecule has 0 radical (unpaired) electrons. The van der Waals surface area contributed by atoms with Crippen LogP contribution in [0, 0.1) is 11.3 Å². The van der Waals surface area contributed by atoms with E-state index in [0.29, 0.717) is 17.4 Å². The summed E-state index contributed by atoms with van der Waals surface area (Å²) in [4.78, 5) is 4.47. The summed E-state index contributed by atoms with van der Waals surface area (Å²) < 4.78 is 5.63. The molecule has 0 saturated carbocycles. The molecular formula is C16H12N2OS. The summed E-state index contributed by atoms with van der Waals surface area (Å²) in [5.74, 6) is 0. The minimum absolute atomic E-state index is 0.241. The molecule has 0 bridgehead atoms. The monoisotopic (exact) mass is 280 g/mol. The molecule has 2 aromatic carbocycles. The molecule has 0 N–H and O–H groups in total. The smallest absolute Gasteiger partial charge is 0.251 e. The number of thioether (sulfide) groups is 1. The molecule has 4 heteroatoms. The molecule has 1 aliphatic heterocycles. The molecule has 1 unspecified atom stereocenters. The molecule has 1 fully saturated rings. The summed E-state index contributed by atoms with van der Waals surface area (Å²) >= 11 is 1.62. The average Bonchev–Trinajstić information content (AvgIpc) is 2.97. The third-order valence-corrected chi connectivity index (χ3v) is 4.09. The molecule has 3 rings (SSSR count). The summed E-state index contributed by atoms with van der Waals surface area (Å²) in [6.07, 6.45) is 0. The molecule has 0 spiro atoms. The Morgan fingerprint density at radius 1 is 1.10 bits per heavy atom. The van der Waals surface area contributed by atoms with Gasteiger partial charge in [-0.1, -0.05) is 42.1 Å². The summed E-state index contributed by atoms with van der Waals surface area (Å²) in [7, 11) is 0. The van der Waals surface area contributed by atoms with Crippen molar-refractivity contribution in [2.24, 2.45) is 4.99 Å². The maximum atomic E-state index is 8.80. The molecule has 20 heavy (non-hydrogen) atoms. The van der Waals surface area contributed by atoms with Crippen molar-refractivity contribution in [3.05, 3.63) is 65.7 Å². The van der Waals surface area contributed by atoms with Gasteiger partial charge in [-0.2, -0.15) is 5.26 Å². The maximum absolute atomic E-state index is 8.80. The Morgan fingerprint density at radius 2 is 1.85 bits per heavy atom. The van der Waals surface area contributed by atoms with Gasteiger partial charge < -0.3 is 4.74 Å². The van der Waals surface area contributed by atoms with Gasteiger partial charge in [0.05, 0.1) is 22.6 Å². The van der Waals surface area contributed by atoms with Crippen molar-refractivity contribution in [2.75, 3.05) is 6.61 Å². The number of hydrogen-bond donors (Lipinski definition) is 0. The molecule has 1 saturated heterocycles. The summed E-state index contributed by atoms with van der Waals surface area (Å²) in [6.45, 7) is 0.613. The highest BCUT2D eigenvalue weighted by Gasteiger charge is 2.24. The number of benzene rings is 2. The van der Waals surface area contributed by atoms with E-state index in [2.05, 4.69) is 11.1 Å². The number of nitrogens with zero attached hydrogens (tertiary/aromatic N) is 2. The van der Waals surface area contributed by atoms with Gasteiger partial charge in [0.1, 0.15) is 6.61 Å². The lowest BCUT2D eigenvalue weighted by Gasteiger charge is -2.04. The molecule has 0 aliphatic carbocycles. The summed E-state index contributed by atoms with van der Waals surface area (Å²) in [5.41, 5.74) is 2.73. The van der Waals surface area contributed by atoms with Crippen LogP contribution in [0.25, 0.3) is 0 Å². The fraction of sp³-hybridized carbons (Fsp3) is 0.125. The van der Waals surface area contributed by atoms with Crippen molar-refractivity contribution in [1.29, 1.82) is 5.26 Å². The van der Waals surface area contributed by atoms with Crippen LogP contribution in [0.5, 0.6) is 0 Å². The normalized spacial score (nSPS) is 19.6.